The van der Waals surface area contributed by atoms with E-state index >= 15 is 0 Å². The Morgan fingerprint density at radius 1 is 1.39 bits per heavy atom. The fourth-order valence-electron chi connectivity index (χ4n) is 1.41. The number of aromatic nitrogens is 2. The zero-order valence-electron chi connectivity index (χ0n) is 9.72. The predicted molar refractivity (Wildman–Crippen MR) is 79.6 cm³/mol. The van der Waals surface area contributed by atoms with Gasteiger partial charge in [0.15, 0.2) is 17.5 Å². The average molecular weight is 395 g/mol. The van der Waals surface area contributed by atoms with Crippen molar-refractivity contribution in [1.82, 2.24) is 9.97 Å². The van der Waals surface area contributed by atoms with E-state index < -0.39 is 5.82 Å². The van der Waals surface area contributed by atoms with E-state index in [-0.39, 0.29) is 5.82 Å². The highest BCUT2D eigenvalue weighted by Gasteiger charge is 2.14. The van der Waals surface area contributed by atoms with Gasteiger partial charge in [0.05, 0.1) is 14.4 Å². The number of hydrogen-bond acceptors (Lipinski definition) is 4. The molecule has 0 aliphatic carbocycles. The SMILES string of the molecule is CCNc1nc(-c2cc(Br)c(Br)s2)nc(C)c1F. The van der Waals surface area contributed by atoms with E-state index in [0.29, 0.717) is 18.1 Å². The molecule has 0 fully saturated rings. The molecule has 0 aliphatic heterocycles. The molecule has 3 nitrogen and oxygen atoms in total. The Morgan fingerprint density at radius 2 is 2.11 bits per heavy atom. The van der Waals surface area contributed by atoms with Crippen molar-refractivity contribution in [3.8, 4) is 10.7 Å². The Balaban J connectivity index is 2.51. The number of thiophene rings is 1. The highest BCUT2D eigenvalue weighted by molar-refractivity contribution is 9.13. The van der Waals surface area contributed by atoms with Crippen LogP contribution in [-0.4, -0.2) is 16.5 Å². The second-order valence-electron chi connectivity index (χ2n) is 3.56. The van der Waals surface area contributed by atoms with Gasteiger partial charge in [-0.1, -0.05) is 0 Å². The molecule has 2 rings (SSSR count). The summed E-state index contributed by atoms with van der Waals surface area (Å²) >= 11 is 8.34. The molecular weight excluding hydrogens is 385 g/mol. The number of hydrogen-bond donors (Lipinski definition) is 1. The highest BCUT2D eigenvalue weighted by Crippen LogP contribution is 2.37. The zero-order valence-corrected chi connectivity index (χ0v) is 13.7. The zero-order chi connectivity index (χ0) is 13.3. The molecule has 0 bridgehead atoms. The molecule has 0 saturated carbocycles. The van der Waals surface area contributed by atoms with Crippen molar-refractivity contribution < 1.29 is 4.39 Å². The van der Waals surface area contributed by atoms with Gasteiger partial charge >= 0.3 is 0 Å². The Kier molecular flexibility index (Phi) is 4.34. The first-order valence-corrected chi connectivity index (χ1v) is 7.66. The van der Waals surface area contributed by atoms with E-state index in [2.05, 4.69) is 47.1 Å². The first-order chi connectivity index (χ1) is 8.52. The molecule has 96 valence electrons. The van der Waals surface area contributed by atoms with Crippen molar-refractivity contribution in [3.63, 3.8) is 0 Å². The summed E-state index contributed by atoms with van der Waals surface area (Å²) in [5.41, 5.74) is 0.344. The molecule has 0 amide bonds. The van der Waals surface area contributed by atoms with Gasteiger partial charge in [-0.25, -0.2) is 14.4 Å². The number of anilines is 1. The van der Waals surface area contributed by atoms with Gasteiger partial charge in [-0.15, -0.1) is 11.3 Å². The topological polar surface area (TPSA) is 37.8 Å². The molecule has 0 spiro atoms. The van der Waals surface area contributed by atoms with Crippen LogP contribution in [-0.2, 0) is 0 Å². The summed E-state index contributed by atoms with van der Waals surface area (Å²) in [6, 6.07) is 1.91. The molecule has 2 heterocycles. The molecule has 1 N–H and O–H groups in total. The van der Waals surface area contributed by atoms with Gasteiger partial charge in [0, 0.05) is 11.0 Å². The summed E-state index contributed by atoms with van der Waals surface area (Å²) in [7, 11) is 0. The fraction of sp³-hybridized carbons (Fsp3) is 0.273. The van der Waals surface area contributed by atoms with Crippen molar-refractivity contribution in [3.05, 3.63) is 25.8 Å². The predicted octanol–water partition coefficient (Wildman–Crippen LogP) is 4.61. The molecule has 18 heavy (non-hydrogen) atoms. The van der Waals surface area contributed by atoms with E-state index in [0.717, 1.165) is 13.1 Å². The number of nitrogens with zero attached hydrogens (tertiary/aromatic N) is 2. The maximum atomic E-state index is 13.8. The maximum absolute atomic E-state index is 13.8. The summed E-state index contributed by atoms with van der Waals surface area (Å²) in [5.74, 6) is 0.386. The van der Waals surface area contributed by atoms with Crippen LogP contribution in [0.25, 0.3) is 10.7 Å². The lowest BCUT2D eigenvalue weighted by molar-refractivity contribution is 0.606. The van der Waals surface area contributed by atoms with E-state index in [4.69, 9.17) is 0 Å². The molecule has 0 aliphatic rings. The normalized spacial score (nSPS) is 10.7. The minimum absolute atomic E-state index is 0.251. The minimum atomic E-state index is -0.393. The first-order valence-electron chi connectivity index (χ1n) is 5.26. The quantitative estimate of drug-likeness (QED) is 0.825. The Hall–Kier alpha value is -0.530. The number of nitrogens with one attached hydrogen (secondary N) is 1. The van der Waals surface area contributed by atoms with Crippen molar-refractivity contribution in [2.24, 2.45) is 0 Å². The lowest BCUT2D eigenvalue weighted by Gasteiger charge is -2.07. The van der Waals surface area contributed by atoms with Crippen LogP contribution < -0.4 is 5.32 Å². The Labute approximate surface area is 125 Å². The van der Waals surface area contributed by atoms with Crippen LogP contribution in [0.1, 0.15) is 12.6 Å². The van der Waals surface area contributed by atoms with Crippen LogP contribution in [0.2, 0.25) is 0 Å². The van der Waals surface area contributed by atoms with Crippen molar-refractivity contribution in [1.29, 1.82) is 0 Å². The van der Waals surface area contributed by atoms with Crippen molar-refractivity contribution in [2.75, 3.05) is 11.9 Å². The lowest BCUT2D eigenvalue weighted by Crippen LogP contribution is -2.06. The molecule has 0 atom stereocenters. The smallest absolute Gasteiger partial charge is 0.186 e. The standard InChI is InChI=1S/C11H10Br2FN3S/c1-3-15-11-8(14)5(2)16-10(17-11)7-4-6(12)9(13)18-7/h4H,3H2,1-2H3,(H,15,16,17). The van der Waals surface area contributed by atoms with Crippen LogP contribution in [0.5, 0.6) is 0 Å². The molecule has 0 unspecified atom stereocenters. The van der Waals surface area contributed by atoms with Gasteiger partial charge in [0.2, 0.25) is 0 Å². The molecule has 0 aromatic carbocycles. The molecule has 0 saturated heterocycles. The largest absolute Gasteiger partial charge is 0.368 e. The van der Waals surface area contributed by atoms with Gasteiger partial charge in [0.1, 0.15) is 0 Å². The number of rotatable bonds is 3. The molecule has 2 aromatic rings. The second-order valence-corrected chi connectivity index (χ2v) is 6.78. The summed E-state index contributed by atoms with van der Waals surface area (Å²) in [5, 5.41) is 2.90. The summed E-state index contributed by atoms with van der Waals surface area (Å²) in [6.45, 7) is 4.15. The summed E-state index contributed by atoms with van der Waals surface area (Å²) in [6.07, 6.45) is 0. The highest BCUT2D eigenvalue weighted by atomic mass is 79.9. The Morgan fingerprint density at radius 3 is 2.67 bits per heavy atom. The Bertz CT molecular complexity index is 566. The minimum Gasteiger partial charge on any atom is -0.368 e. The van der Waals surface area contributed by atoms with Crippen LogP contribution in [0.3, 0.4) is 0 Å². The number of halogens is 3. The van der Waals surface area contributed by atoms with E-state index in [1.165, 1.54) is 11.3 Å². The molecule has 7 heteroatoms. The number of aryl methyl sites for hydroxylation is 1. The third-order valence-corrected chi connectivity index (χ3v) is 5.48. The lowest BCUT2D eigenvalue weighted by atomic mass is 10.3. The third-order valence-electron chi connectivity index (χ3n) is 2.23. The van der Waals surface area contributed by atoms with Gasteiger partial charge in [-0.2, -0.15) is 0 Å². The van der Waals surface area contributed by atoms with Crippen LogP contribution in [0.15, 0.2) is 14.3 Å². The van der Waals surface area contributed by atoms with Crippen LogP contribution in [0.4, 0.5) is 10.2 Å². The van der Waals surface area contributed by atoms with Crippen molar-refractivity contribution in [2.45, 2.75) is 13.8 Å². The summed E-state index contributed by atoms with van der Waals surface area (Å²) in [4.78, 5) is 9.29. The van der Waals surface area contributed by atoms with Gasteiger partial charge < -0.3 is 5.32 Å². The first kappa shape index (κ1) is 13.9. The van der Waals surface area contributed by atoms with E-state index in [9.17, 15) is 4.39 Å². The van der Waals surface area contributed by atoms with Gasteiger partial charge in [-0.3, -0.25) is 0 Å². The van der Waals surface area contributed by atoms with E-state index in [1.54, 1.807) is 6.92 Å². The third kappa shape index (κ3) is 2.73. The summed E-state index contributed by atoms with van der Waals surface area (Å²) < 4.78 is 15.7. The molecule has 2 aromatic heterocycles. The van der Waals surface area contributed by atoms with Crippen molar-refractivity contribution >= 4 is 49.0 Å². The van der Waals surface area contributed by atoms with Crippen LogP contribution in [0, 0.1) is 12.7 Å². The maximum Gasteiger partial charge on any atom is 0.186 e. The average Bonchev–Trinajstić information content (AvgIpc) is 2.65. The fourth-order valence-corrected chi connectivity index (χ4v) is 3.38. The molecular formula is C11H10Br2FN3S. The molecule has 0 radical (unpaired) electrons. The second kappa shape index (κ2) is 5.63. The van der Waals surface area contributed by atoms with Gasteiger partial charge in [-0.05, 0) is 51.8 Å². The van der Waals surface area contributed by atoms with Gasteiger partial charge in [0.25, 0.3) is 0 Å². The van der Waals surface area contributed by atoms with Crippen LogP contribution >= 0.6 is 43.2 Å². The monoisotopic (exact) mass is 393 g/mol. The van der Waals surface area contributed by atoms with E-state index in [1.807, 2.05) is 13.0 Å².